The minimum atomic E-state index is -1.60. The Morgan fingerprint density at radius 1 is 0.481 bits per heavy atom. The molecule has 0 aromatic heterocycles. The highest BCUT2D eigenvalue weighted by molar-refractivity contribution is 5.98. The Kier molecular flexibility index (Phi) is 28.9. The minimum Gasteiger partial charge on any atom is -0.481 e. The van der Waals surface area contributed by atoms with E-state index in [1.165, 1.54) is 27.7 Å². The summed E-state index contributed by atoms with van der Waals surface area (Å²) >= 11 is 0. The van der Waals surface area contributed by atoms with Crippen molar-refractivity contribution in [2.75, 3.05) is 13.1 Å². The van der Waals surface area contributed by atoms with Gasteiger partial charge in [0.15, 0.2) is 0 Å². The average molecular weight is 1080 g/mol. The van der Waals surface area contributed by atoms with Crippen LogP contribution >= 0.6 is 0 Å². The molecular formula is C53H84N12O12. The van der Waals surface area contributed by atoms with Crippen LogP contribution in [0.25, 0.3) is 10.8 Å². The van der Waals surface area contributed by atoms with Crippen LogP contribution in [0.2, 0.25) is 0 Å². The molecule has 2 aromatic rings. The summed E-state index contributed by atoms with van der Waals surface area (Å²) in [6.07, 6.45) is 1.30. The second-order valence-corrected chi connectivity index (χ2v) is 19.7. The highest BCUT2D eigenvalue weighted by Crippen LogP contribution is 2.18. The standard InChI is InChI=1S/C53H84N12O12/c1-9-29(3)43(64-47(71)32(6)57-34(8)66)53(77)59-33(7)46(70)60-38(19-13-15-25-54)48(72)62-40(23-24-42(67)68)49(73)63-41(28-35-21-22-36-17-11-12-18-37(36)27-35)51(75)61-39(20-14-16-26-55)50(74)65-44(30(4)10-2)52(76)58-31(5)45(56)69/h11-12,17-18,21-22,27,29-33,38-41,43-44H,9-10,13-16,19-20,23-26,28,54-55H2,1-8H3,(H2,56,69)(H,57,66)(H,58,76)(H,59,77)(H,60,70)(H,61,75)(H,62,72)(H,63,73)(H,64,71)(H,65,74)(H,67,68)/t29-,30-,31-,32-,33-,38-,39-,40-,41-,43-,44-/m0/s1. The van der Waals surface area contributed by atoms with E-state index < -0.39 is 144 Å². The largest absolute Gasteiger partial charge is 0.481 e. The number of carboxylic acid groups (broad SMARTS) is 1. The topological polar surface area (TPSA) is 394 Å². The lowest BCUT2D eigenvalue weighted by Gasteiger charge is -2.29. The Morgan fingerprint density at radius 3 is 1.38 bits per heavy atom. The molecule has 0 heterocycles. The third-order valence-corrected chi connectivity index (χ3v) is 13.3. The number of unbranched alkanes of at least 4 members (excludes halogenated alkanes) is 2. The van der Waals surface area contributed by atoms with Gasteiger partial charge in [-0.3, -0.25) is 52.7 Å². The van der Waals surface area contributed by atoms with Crippen molar-refractivity contribution >= 4 is 75.8 Å². The Balaban J connectivity index is 2.54. The van der Waals surface area contributed by atoms with Crippen molar-refractivity contribution in [3.8, 4) is 0 Å². The van der Waals surface area contributed by atoms with Crippen LogP contribution in [-0.4, -0.2) is 138 Å². The molecule has 10 amide bonds. The number of benzene rings is 2. The van der Waals surface area contributed by atoms with Crippen LogP contribution in [0.15, 0.2) is 42.5 Å². The summed E-state index contributed by atoms with van der Waals surface area (Å²) in [4.78, 5) is 146. The van der Waals surface area contributed by atoms with Crippen molar-refractivity contribution in [1.82, 2.24) is 47.9 Å². The molecule has 0 saturated heterocycles. The Hall–Kier alpha value is -7.21. The Morgan fingerprint density at radius 2 is 0.896 bits per heavy atom. The first-order valence-electron chi connectivity index (χ1n) is 26.5. The van der Waals surface area contributed by atoms with Crippen LogP contribution < -0.4 is 65.1 Å². The van der Waals surface area contributed by atoms with Crippen LogP contribution in [0.5, 0.6) is 0 Å². The molecule has 77 heavy (non-hydrogen) atoms. The van der Waals surface area contributed by atoms with Gasteiger partial charge in [-0.2, -0.15) is 0 Å². The molecule has 24 heteroatoms. The number of hydrogen-bond donors (Lipinski definition) is 13. The molecule has 0 saturated carbocycles. The number of nitrogens with one attached hydrogen (secondary N) is 9. The van der Waals surface area contributed by atoms with E-state index in [0.717, 1.165) is 10.8 Å². The van der Waals surface area contributed by atoms with Crippen molar-refractivity contribution in [2.24, 2.45) is 29.0 Å². The summed E-state index contributed by atoms with van der Waals surface area (Å²) in [5.74, 6) is -9.67. The number of fused-ring (bicyclic) bond motifs is 1. The first kappa shape index (κ1) is 65.9. The molecule has 2 rings (SSSR count). The molecule has 0 aliphatic heterocycles. The number of carbonyl (C=O) groups excluding carboxylic acids is 10. The Labute approximate surface area is 450 Å². The number of nitrogens with two attached hydrogens (primary N) is 3. The number of rotatable bonds is 35. The third kappa shape index (κ3) is 22.9. The summed E-state index contributed by atoms with van der Waals surface area (Å²) in [6.45, 7) is 13.0. The van der Waals surface area contributed by atoms with E-state index in [4.69, 9.17) is 17.2 Å². The SMILES string of the molecule is CC[C@H](C)[C@H](NC(=O)[C@H](C)NC(C)=O)C(=O)N[C@@H](C)C(=O)N[C@@H](CCCCN)C(=O)N[C@@H](CCC(=O)O)C(=O)N[C@@H](Cc1ccc2ccccc2c1)C(=O)N[C@@H](CCCCN)C(=O)N[C@H](C(=O)N[C@@H](C)C(N)=O)[C@@H](C)CC. The van der Waals surface area contributed by atoms with Gasteiger partial charge in [0.1, 0.15) is 54.4 Å². The van der Waals surface area contributed by atoms with Crippen molar-refractivity contribution in [2.45, 2.75) is 180 Å². The van der Waals surface area contributed by atoms with E-state index in [9.17, 15) is 57.8 Å². The molecule has 2 aromatic carbocycles. The van der Waals surface area contributed by atoms with Gasteiger partial charge in [0.25, 0.3) is 0 Å². The zero-order valence-corrected chi connectivity index (χ0v) is 45.8. The minimum absolute atomic E-state index is 0.000376. The highest BCUT2D eigenvalue weighted by atomic mass is 16.4. The summed E-state index contributed by atoms with van der Waals surface area (Å²) in [6, 6.07) is 1.60. The zero-order valence-electron chi connectivity index (χ0n) is 45.8. The highest BCUT2D eigenvalue weighted by Gasteiger charge is 2.36. The average Bonchev–Trinajstić information content (AvgIpc) is 3.38. The third-order valence-electron chi connectivity index (χ3n) is 13.3. The number of hydrogen-bond acceptors (Lipinski definition) is 13. The van der Waals surface area contributed by atoms with Gasteiger partial charge < -0.3 is 70.2 Å². The lowest BCUT2D eigenvalue weighted by molar-refractivity contribution is -0.139. The molecule has 0 spiro atoms. The molecular weight excluding hydrogens is 997 g/mol. The van der Waals surface area contributed by atoms with Gasteiger partial charge in [-0.25, -0.2) is 0 Å². The number of aliphatic carboxylic acids is 1. The van der Waals surface area contributed by atoms with Gasteiger partial charge in [0.05, 0.1) is 0 Å². The van der Waals surface area contributed by atoms with E-state index in [-0.39, 0.29) is 32.4 Å². The monoisotopic (exact) mass is 1080 g/mol. The van der Waals surface area contributed by atoms with Crippen LogP contribution in [0, 0.1) is 11.8 Å². The molecule has 24 nitrogen and oxygen atoms in total. The molecule has 0 unspecified atom stereocenters. The fraction of sp³-hybridized carbons (Fsp3) is 0.604. The lowest BCUT2D eigenvalue weighted by Crippen LogP contribution is -2.61. The quantitative estimate of drug-likeness (QED) is 0.0388. The second kappa shape index (κ2) is 33.7. The van der Waals surface area contributed by atoms with Gasteiger partial charge in [-0.15, -0.1) is 0 Å². The van der Waals surface area contributed by atoms with Gasteiger partial charge in [-0.1, -0.05) is 83.0 Å². The maximum absolute atomic E-state index is 14.6. The summed E-state index contributed by atoms with van der Waals surface area (Å²) < 4.78 is 0. The van der Waals surface area contributed by atoms with Gasteiger partial charge >= 0.3 is 5.97 Å². The second-order valence-electron chi connectivity index (χ2n) is 19.7. The molecule has 11 atom stereocenters. The van der Waals surface area contributed by atoms with Crippen LogP contribution in [-0.2, 0) is 59.2 Å². The fourth-order valence-electron chi connectivity index (χ4n) is 8.03. The molecule has 0 radical (unpaired) electrons. The summed E-state index contributed by atoms with van der Waals surface area (Å²) in [5, 5.41) is 34.9. The predicted molar refractivity (Wildman–Crippen MR) is 289 cm³/mol. The number of amides is 10. The van der Waals surface area contributed by atoms with E-state index in [1.807, 2.05) is 36.4 Å². The molecule has 16 N–H and O–H groups in total. The van der Waals surface area contributed by atoms with Gasteiger partial charge in [-0.05, 0) is 107 Å². The molecule has 0 bridgehead atoms. The van der Waals surface area contributed by atoms with Crippen molar-refractivity contribution in [1.29, 1.82) is 0 Å². The summed E-state index contributed by atoms with van der Waals surface area (Å²) in [7, 11) is 0. The van der Waals surface area contributed by atoms with Gasteiger partial charge in [0, 0.05) is 19.8 Å². The van der Waals surface area contributed by atoms with Crippen molar-refractivity contribution in [3.63, 3.8) is 0 Å². The van der Waals surface area contributed by atoms with E-state index in [1.54, 1.807) is 33.8 Å². The summed E-state index contributed by atoms with van der Waals surface area (Å²) in [5.41, 5.74) is 17.5. The maximum Gasteiger partial charge on any atom is 0.303 e. The van der Waals surface area contributed by atoms with Crippen LogP contribution in [0.3, 0.4) is 0 Å². The van der Waals surface area contributed by atoms with Crippen LogP contribution in [0.1, 0.15) is 125 Å². The number of carboxylic acids is 1. The Bertz CT molecular complexity index is 2350. The van der Waals surface area contributed by atoms with Crippen molar-refractivity contribution < 1.29 is 57.8 Å². The molecule has 0 fully saturated rings. The van der Waals surface area contributed by atoms with E-state index in [2.05, 4.69) is 47.9 Å². The van der Waals surface area contributed by atoms with E-state index >= 15 is 0 Å². The maximum atomic E-state index is 14.6. The smallest absolute Gasteiger partial charge is 0.303 e. The van der Waals surface area contributed by atoms with E-state index in [0.29, 0.717) is 44.1 Å². The predicted octanol–water partition coefficient (Wildman–Crippen LogP) is -0.475. The zero-order chi connectivity index (χ0) is 57.9. The number of carbonyl (C=O) groups is 11. The lowest BCUT2D eigenvalue weighted by atomic mass is 9.96. The molecule has 0 aliphatic carbocycles. The van der Waals surface area contributed by atoms with Gasteiger partial charge in [0.2, 0.25) is 59.1 Å². The normalized spacial score (nSPS) is 15.4. The first-order chi connectivity index (χ1) is 36.4. The number of primary amides is 1. The molecule has 428 valence electrons. The fourth-order valence-corrected chi connectivity index (χ4v) is 8.03. The first-order valence-corrected chi connectivity index (χ1v) is 26.5. The molecule has 0 aliphatic rings. The van der Waals surface area contributed by atoms with Crippen molar-refractivity contribution in [3.05, 3.63) is 48.0 Å². The van der Waals surface area contributed by atoms with Crippen LogP contribution in [0.4, 0.5) is 0 Å².